The number of amides is 1. The van der Waals surface area contributed by atoms with Crippen LogP contribution in [0, 0.1) is 11.3 Å². The minimum atomic E-state index is -4.07. The SMILES string of the molecule is N#Cc1ccc(C[C@@H](NS(=O)(=O)c2ccc(Oc3ccccc3)cc2)C(=O)NO)cc1. The van der Waals surface area contributed by atoms with Gasteiger partial charge in [0.25, 0.3) is 5.91 Å². The summed E-state index contributed by atoms with van der Waals surface area (Å²) in [6, 6.07) is 21.8. The zero-order chi connectivity index (χ0) is 22.3. The number of nitriles is 1. The van der Waals surface area contributed by atoms with E-state index >= 15 is 0 Å². The average molecular weight is 437 g/mol. The third-order valence-corrected chi connectivity index (χ3v) is 5.85. The minimum Gasteiger partial charge on any atom is -0.457 e. The van der Waals surface area contributed by atoms with Crippen molar-refractivity contribution in [1.82, 2.24) is 10.2 Å². The van der Waals surface area contributed by atoms with Crippen LogP contribution in [0.3, 0.4) is 0 Å². The Labute approximate surface area is 179 Å². The standard InChI is InChI=1S/C22H19N3O5S/c23-15-17-8-6-16(7-9-17)14-21(22(26)24-27)25-31(28,29)20-12-10-19(11-13-20)30-18-4-2-1-3-5-18/h1-13,21,25,27H,14H2,(H,24,26)/t21-/m1/s1. The molecule has 0 saturated carbocycles. The summed E-state index contributed by atoms with van der Waals surface area (Å²) in [5.74, 6) is 0.155. The van der Waals surface area contributed by atoms with Crippen molar-refractivity contribution in [3.8, 4) is 17.6 Å². The van der Waals surface area contributed by atoms with Gasteiger partial charge in [0.15, 0.2) is 0 Å². The van der Waals surface area contributed by atoms with Crippen LogP contribution in [0.25, 0.3) is 0 Å². The number of hydrogen-bond donors (Lipinski definition) is 3. The summed E-state index contributed by atoms with van der Waals surface area (Å²) < 4.78 is 33.5. The van der Waals surface area contributed by atoms with Crippen molar-refractivity contribution in [1.29, 1.82) is 5.26 Å². The first-order chi connectivity index (χ1) is 14.9. The smallest absolute Gasteiger partial charge is 0.261 e. The van der Waals surface area contributed by atoms with Crippen LogP contribution in [0.1, 0.15) is 11.1 Å². The molecule has 0 heterocycles. The van der Waals surface area contributed by atoms with E-state index in [1.807, 2.05) is 24.3 Å². The number of rotatable bonds is 8. The highest BCUT2D eigenvalue weighted by molar-refractivity contribution is 7.89. The number of para-hydroxylation sites is 1. The number of hydroxylamine groups is 1. The van der Waals surface area contributed by atoms with E-state index in [0.29, 0.717) is 22.6 Å². The molecule has 1 atom stereocenters. The molecule has 3 N–H and O–H groups in total. The molecule has 31 heavy (non-hydrogen) atoms. The molecule has 3 rings (SSSR count). The first-order valence-corrected chi connectivity index (χ1v) is 10.7. The molecule has 0 bridgehead atoms. The van der Waals surface area contributed by atoms with E-state index in [2.05, 4.69) is 4.72 Å². The third-order valence-electron chi connectivity index (χ3n) is 4.36. The first-order valence-electron chi connectivity index (χ1n) is 9.19. The molecule has 0 saturated heterocycles. The maximum atomic E-state index is 12.8. The zero-order valence-electron chi connectivity index (χ0n) is 16.2. The quantitative estimate of drug-likeness (QED) is 0.367. The second kappa shape index (κ2) is 9.86. The van der Waals surface area contributed by atoms with E-state index < -0.39 is 22.0 Å². The maximum Gasteiger partial charge on any atom is 0.261 e. The molecule has 158 valence electrons. The number of ether oxygens (including phenoxy) is 1. The van der Waals surface area contributed by atoms with E-state index in [0.717, 1.165) is 0 Å². The van der Waals surface area contributed by atoms with E-state index in [9.17, 15) is 13.2 Å². The van der Waals surface area contributed by atoms with Gasteiger partial charge in [-0.05, 0) is 60.5 Å². The van der Waals surface area contributed by atoms with Crippen molar-refractivity contribution in [3.63, 3.8) is 0 Å². The molecular weight excluding hydrogens is 418 g/mol. The van der Waals surface area contributed by atoms with Crippen LogP contribution in [0.2, 0.25) is 0 Å². The largest absolute Gasteiger partial charge is 0.457 e. The summed E-state index contributed by atoms with van der Waals surface area (Å²) in [5, 5.41) is 17.9. The van der Waals surface area contributed by atoms with Crippen molar-refractivity contribution < 1.29 is 23.2 Å². The zero-order valence-corrected chi connectivity index (χ0v) is 17.0. The number of carbonyl (C=O) groups is 1. The lowest BCUT2D eigenvalue weighted by Gasteiger charge is -2.17. The van der Waals surface area contributed by atoms with Gasteiger partial charge in [-0.25, -0.2) is 13.9 Å². The molecule has 8 nitrogen and oxygen atoms in total. The molecule has 0 radical (unpaired) electrons. The minimum absolute atomic E-state index is 0.0213. The molecule has 0 aliphatic rings. The summed E-state index contributed by atoms with van der Waals surface area (Å²) >= 11 is 0. The van der Waals surface area contributed by atoms with Crippen LogP contribution >= 0.6 is 0 Å². The number of hydrogen-bond acceptors (Lipinski definition) is 6. The molecule has 1 amide bonds. The van der Waals surface area contributed by atoms with Crippen molar-refractivity contribution in [2.45, 2.75) is 17.4 Å². The van der Waals surface area contributed by atoms with Crippen molar-refractivity contribution in [2.75, 3.05) is 0 Å². The lowest BCUT2D eigenvalue weighted by Crippen LogP contribution is -2.47. The highest BCUT2D eigenvalue weighted by atomic mass is 32.2. The predicted octanol–water partition coefficient (Wildman–Crippen LogP) is 2.75. The topological polar surface area (TPSA) is 129 Å². The van der Waals surface area contributed by atoms with Crippen molar-refractivity contribution >= 4 is 15.9 Å². The van der Waals surface area contributed by atoms with Gasteiger partial charge in [-0.15, -0.1) is 0 Å². The van der Waals surface area contributed by atoms with Crippen LogP contribution in [-0.2, 0) is 21.2 Å². The lowest BCUT2D eigenvalue weighted by molar-refractivity contribution is -0.130. The Kier molecular flexibility index (Phi) is 6.99. The van der Waals surface area contributed by atoms with Gasteiger partial charge in [-0.3, -0.25) is 10.0 Å². The molecule has 0 aliphatic heterocycles. The Morgan fingerprint density at radius 1 is 0.968 bits per heavy atom. The van der Waals surface area contributed by atoms with Gasteiger partial charge in [0.05, 0.1) is 16.5 Å². The number of carbonyl (C=O) groups excluding carboxylic acids is 1. The molecule has 0 fully saturated rings. The number of benzene rings is 3. The molecule has 0 spiro atoms. The number of sulfonamides is 1. The molecule has 0 unspecified atom stereocenters. The van der Waals surface area contributed by atoms with Gasteiger partial charge in [0, 0.05) is 0 Å². The Morgan fingerprint density at radius 3 is 2.16 bits per heavy atom. The van der Waals surface area contributed by atoms with E-state index in [-0.39, 0.29) is 11.3 Å². The summed E-state index contributed by atoms with van der Waals surface area (Å²) in [6.45, 7) is 0. The van der Waals surface area contributed by atoms with Gasteiger partial charge in [-0.1, -0.05) is 30.3 Å². The number of nitrogens with zero attached hydrogens (tertiary/aromatic N) is 1. The summed E-state index contributed by atoms with van der Waals surface area (Å²) in [6.07, 6.45) is -0.0213. The van der Waals surface area contributed by atoms with Crippen LogP contribution in [0.4, 0.5) is 0 Å². The fourth-order valence-electron chi connectivity index (χ4n) is 2.78. The van der Waals surface area contributed by atoms with Crippen LogP contribution in [0.5, 0.6) is 11.5 Å². The monoisotopic (exact) mass is 437 g/mol. The van der Waals surface area contributed by atoms with Crippen LogP contribution < -0.4 is 14.9 Å². The van der Waals surface area contributed by atoms with Gasteiger partial charge < -0.3 is 4.74 Å². The molecular formula is C22H19N3O5S. The Morgan fingerprint density at radius 2 is 1.58 bits per heavy atom. The van der Waals surface area contributed by atoms with Crippen LogP contribution in [-0.4, -0.2) is 25.6 Å². The fourth-order valence-corrected chi connectivity index (χ4v) is 3.98. The van der Waals surface area contributed by atoms with Gasteiger partial charge in [0.2, 0.25) is 10.0 Å². The molecule has 3 aromatic carbocycles. The highest BCUT2D eigenvalue weighted by Crippen LogP contribution is 2.22. The molecule has 0 aromatic heterocycles. The highest BCUT2D eigenvalue weighted by Gasteiger charge is 2.26. The second-order valence-corrected chi connectivity index (χ2v) is 8.26. The van der Waals surface area contributed by atoms with Crippen molar-refractivity contribution in [3.05, 3.63) is 90.0 Å². The molecule has 9 heteroatoms. The van der Waals surface area contributed by atoms with Gasteiger partial charge in [-0.2, -0.15) is 9.98 Å². The predicted molar refractivity (Wildman–Crippen MR) is 112 cm³/mol. The first kappa shape index (κ1) is 22.0. The maximum absolute atomic E-state index is 12.8. The normalized spacial score (nSPS) is 11.9. The Balaban J connectivity index is 1.75. The summed E-state index contributed by atoms with van der Waals surface area (Å²) in [7, 11) is -4.07. The molecule has 3 aromatic rings. The van der Waals surface area contributed by atoms with Crippen LogP contribution in [0.15, 0.2) is 83.8 Å². The van der Waals surface area contributed by atoms with Gasteiger partial charge >= 0.3 is 0 Å². The Bertz CT molecular complexity index is 1170. The third kappa shape index (κ3) is 5.90. The van der Waals surface area contributed by atoms with E-state index in [4.69, 9.17) is 15.2 Å². The summed E-state index contributed by atoms with van der Waals surface area (Å²) in [4.78, 5) is 12.0. The average Bonchev–Trinajstić information content (AvgIpc) is 2.79. The summed E-state index contributed by atoms with van der Waals surface area (Å²) in [5.41, 5.74) is 2.53. The fraction of sp³-hybridized carbons (Fsp3) is 0.0909. The van der Waals surface area contributed by atoms with Crippen molar-refractivity contribution in [2.24, 2.45) is 0 Å². The lowest BCUT2D eigenvalue weighted by atomic mass is 10.0. The number of nitrogens with one attached hydrogen (secondary N) is 2. The molecule has 0 aliphatic carbocycles. The van der Waals surface area contributed by atoms with E-state index in [1.54, 1.807) is 36.4 Å². The van der Waals surface area contributed by atoms with E-state index in [1.165, 1.54) is 29.7 Å². The second-order valence-electron chi connectivity index (χ2n) is 6.55. The van der Waals surface area contributed by atoms with Gasteiger partial charge in [0.1, 0.15) is 17.5 Å². The Hall–Kier alpha value is -3.71.